The topological polar surface area (TPSA) is 68.9 Å². The average molecular weight is 208 g/mol. The second kappa shape index (κ2) is 2.50. The van der Waals surface area contributed by atoms with Gasteiger partial charge in [-0.05, 0) is 6.92 Å². The van der Waals surface area contributed by atoms with Gasteiger partial charge in [0.05, 0.1) is 5.56 Å². The van der Waals surface area contributed by atoms with Crippen molar-refractivity contribution in [3.8, 4) is 5.75 Å². The Morgan fingerprint density at radius 2 is 2.13 bits per heavy atom. The number of benzene rings is 1. The maximum atomic E-state index is 11.5. The van der Waals surface area contributed by atoms with Gasteiger partial charge in [0, 0.05) is 12.7 Å². The lowest BCUT2D eigenvalue weighted by molar-refractivity contribution is -0.0764. The first-order chi connectivity index (χ1) is 7.15. The maximum absolute atomic E-state index is 11.5. The Kier molecular flexibility index (Phi) is 1.45. The van der Waals surface area contributed by atoms with Gasteiger partial charge in [0.15, 0.2) is 17.6 Å². The van der Waals surface area contributed by atoms with Gasteiger partial charge in [-0.1, -0.05) is 0 Å². The van der Waals surface area contributed by atoms with E-state index in [9.17, 15) is 9.90 Å². The van der Waals surface area contributed by atoms with Crippen molar-refractivity contribution in [3.63, 3.8) is 0 Å². The molecule has 0 fully saturated rings. The molecule has 1 aliphatic rings. The lowest BCUT2D eigenvalue weighted by Crippen LogP contribution is -2.07. The summed E-state index contributed by atoms with van der Waals surface area (Å²) in [5.41, 5.74) is 2.29. The molecule has 5 nitrogen and oxygen atoms in total. The van der Waals surface area contributed by atoms with E-state index in [4.69, 9.17) is 13.9 Å². The number of methoxy groups -OCH3 is 1. The summed E-state index contributed by atoms with van der Waals surface area (Å²) in [6.45, 7) is 1.77. The van der Waals surface area contributed by atoms with Crippen molar-refractivity contribution in [1.29, 1.82) is 0 Å². The minimum atomic E-state index is -1.16. The third kappa shape index (κ3) is 0.824. The van der Waals surface area contributed by atoms with Crippen LogP contribution in [0.2, 0.25) is 0 Å². The summed E-state index contributed by atoms with van der Waals surface area (Å²) in [6, 6.07) is 0. The summed E-state index contributed by atoms with van der Waals surface area (Å²) in [6.07, 6.45) is -1.16. The predicted octanol–water partition coefficient (Wildman–Crippen LogP) is 1.35. The zero-order chi connectivity index (χ0) is 10.7. The van der Waals surface area contributed by atoms with E-state index in [0.717, 1.165) is 5.56 Å². The number of aliphatic hydroxyl groups excluding tert-OH is 1. The van der Waals surface area contributed by atoms with E-state index in [1.54, 1.807) is 6.92 Å². The van der Waals surface area contributed by atoms with E-state index in [2.05, 4.69) is 0 Å². The SMILES string of the molecule is COC(O)c1c2c3oc1c(C)c3OC2=O. The van der Waals surface area contributed by atoms with E-state index in [1.807, 2.05) is 0 Å². The zero-order valence-electron chi connectivity index (χ0n) is 8.16. The second-order valence-electron chi connectivity index (χ2n) is 3.48. The molecular weight excluding hydrogens is 200 g/mol. The van der Waals surface area contributed by atoms with Crippen LogP contribution in [-0.4, -0.2) is 18.2 Å². The normalized spacial score (nSPS) is 16.3. The van der Waals surface area contributed by atoms with Crippen molar-refractivity contribution in [2.45, 2.75) is 13.2 Å². The number of furan rings is 2. The van der Waals surface area contributed by atoms with Crippen LogP contribution >= 0.6 is 0 Å². The van der Waals surface area contributed by atoms with E-state index < -0.39 is 12.3 Å². The van der Waals surface area contributed by atoms with Gasteiger partial charge in [0.2, 0.25) is 0 Å². The molecule has 0 saturated heterocycles. The van der Waals surface area contributed by atoms with Crippen molar-refractivity contribution in [2.75, 3.05) is 7.11 Å². The molecule has 3 heterocycles. The van der Waals surface area contributed by atoms with Gasteiger partial charge >= 0.3 is 5.97 Å². The van der Waals surface area contributed by atoms with Crippen LogP contribution < -0.4 is 4.74 Å². The molecule has 5 heteroatoms. The molecule has 2 aromatic rings. The van der Waals surface area contributed by atoms with Crippen LogP contribution in [0.15, 0.2) is 4.42 Å². The molecule has 0 aliphatic carbocycles. The first kappa shape index (κ1) is 8.70. The number of rotatable bonds is 2. The molecule has 2 bridgehead atoms. The summed E-state index contributed by atoms with van der Waals surface area (Å²) < 4.78 is 15.2. The minimum absolute atomic E-state index is 0.292. The molecule has 0 spiro atoms. The summed E-state index contributed by atoms with van der Waals surface area (Å²) >= 11 is 0. The number of aliphatic hydroxyl groups is 1. The molecule has 3 rings (SSSR count). The number of carbonyl (C=O) groups is 1. The quantitative estimate of drug-likeness (QED) is 0.595. The molecule has 1 atom stereocenters. The highest BCUT2D eigenvalue weighted by Gasteiger charge is 2.40. The number of hydrogen-bond donors (Lipinski definition) is 1. The van der Waals surface area contributed by atoms with Crippen molar-refractivity contribution in [2.24, 2.45) is 0 Å². The van der Waals surface area contributed by atoms with Gasteiger partial charge in [0.25, 0.3) is 0 Å². The van der Waals surface area contributed by atoms with Gasteiger partial charge in [-0.15, -0.1) is 0 Å². The van der Waals surface area contributed by atoms with Crippen LogP contribution in [0.4, 0.5) is 0 Å². The van der Waals surface area contributed by atoms with Crippen molar-refractivity contribution in [3.05, 3.63) is 16.7 Å². The highest BCUT2D eigenvalue weighted by molar-refractivity contribution is 6.11. The summed E-state index contributed by atoms with van der Waals surface area (Å²) in [5.74, 6) is -0.0185. The predicted molar refractivity (Wildman–Crippen MR) is 49.1 cm³/mol. The number of aryl methyl sites for hydroxylation is 1. The van der Waals surface area contributed by atoms with Crippen LogP contribution in [0, 0.1) is 6.92 Å². The van der Waals surface area contributed by atoms with E-state index in [-0.39, 0.29) is 0 Å². The fraction of sp³-hybridized carbons (Fsp3) is 0.300. The average Bonchev–Trinajstić information content (AvgIpc) is 2.80. The lowest BCUT2D eigenvalue weighted by Gasteiger charge is -2.06. The Morgan fingerprint density at radius 3 is 2.80 bits per heavy atom. The molecule has 1 unspecified atom stereocenters. The first-order valence-corrected chi connectivity index (χ1v) is 4.46. The van der Waals surface area contributed by atoms with Gasteiger partial charge in [0.1, 0.15) is 11.1 Å². The summed E-state index contributed by atoms with van der Waals surface area (Å²) in [7, 11) is 1.36. The van der Waals surface area contributed by atoms with Crippen molar-refractivity contribution < 1.29 is 23.8 Å². The Labute approximate surface area is 84.5 Å². The molecule has 1 N–H and O–H groups in total. The minimum Gasteiger partial charge on any atom is -0.452 e. The number of carbonyl (C=O) groups excluding carboxylic acids is 1. The number of hydrogen-bond acceptors (Lipinski definition) is 5. The van der Waals surface area contributed by atoms with E-state index in [0.29, 0.717) is 28.0 Å². The van der Waals surface area contributed by atoms with Crippen LogP contribution in [0.25, 0.3) is 11.2 Å². The van der Waals surface area contributed by atoms with Crippen molar-refractivity contribution >= 4 is 17.1 Å². The van der Waals surface area contributed by atoms with Crippen LogP contribution in [0.3, 0.4) is 0 Å². The highest BCUT2D eigenvalue weighted by atomic mass is 16.6. The molecule has 1 aliphatic heterocycles. The largest absolute Gasteiger partial charge is 0.452 e. The number of ether oxygens (including phenoxy) is 2. The van der Waals surface area contributed by atoms with Gasteiger partial charge < -0.3 is 19.0 Å². The van der Waals surface area contributed by atoms with Crippen molar-refractivity contribution in [1.82, 2.24) is 0 Å². The Balaban J connectivity index is 2.35. The molecule has 0 saturated carbocycles. The second-order valence-corrected chi connectivity index (χ2v) is 3.48. The highest BCUT2D eigenvalue weighted by Crippen LogP contribution is 2.48. The van der Waals surface area contributed by atoms with Gasteiger partial charge in [-0.2, -0.15) is 0 Å². The molecule has 0 aromatic carbocycles. The molecule has 2 aromatic heterocycles. The standard InChI is InChI=1S/C10H8O5/c1-3-6-4(9(11)13-2)5-8(14-6)7(3)15-10(5)12/h9,11H,1-2H3. The molecule has 78 valence electrons. The van der Waals surface area contributed by atoms with Gasteiger partial charge in [-0.25, -0.2) is 4.79 Å². The fourth-order valence-electron chi connectivity index (χ4n) is 1.98. The Bertz CT molecular complexity index is 553. The first-order valence-electron chi connectivity index (χ1n) is 4.46. The third-order valence-corrected chi connectivity index (χ3v) is 2.70. The Morgan fingerprint density at radius 1 is 1.40 bits per heavy atom. The third-order valence-electron chi connectivity index (χ3n) is 2.70. The lowest BCUT2D eigenvalue weighted by atomic mass is 10.1. The molecule has 0 amide bonds. The van der Waals surface area contributed by atoms with Crippen LogP contribution in [-0.2, 0) is 4.74 Å². The van der Waals surface area contributed by atoms with E-state index in [1.165, 1.54) is 7.11 Å². The smallest absolute Gasteiger partial charge is 0.348 e. The molecular formula is C10H8O5. The maximum Gasteiger partial charge on any atom is 0.348 e. The van der Waals surface area contributed by atoms with E-state index >= 15 is 0 Å². The zero-order valence-corrected chi connectivity index (χ0v) is 8.16. The molecule has 0 radical (unpaired) electrons. The monoisotopic (exact) mass is 208 g/mol. The number of fused-ring (bicyclic) bond motifs is 1. The fourth-order valence-corrected chi connectivity index (χ4v) is 1.98. The number of esters is 1. The Hall–Kier alpha value is -1.59. The van der Waals surface area contributed by atoms with Crippen LogP contribution in [0.1, 0.15) is 27.8 Å². The van der Waals surface area contributed by atoms with Gasteiger partial charge in [-0.3, -0.25) is 0 Å². The summed E-state index contributed by atoms with van der Waals surface area (Å²) in [4.78, 5) is 11.5. The summed E-state index contributed by atoms with van der Waals surface area (Å²) in [5, 5.41) is 9.61. The molecule has 15 heavy (non-hydrogen) atoms. The van der Waals surface area contributed by atoms with Crippen LogP contribution in [0.5, 0.6) is 5.75 Å².